The molecule has 2 unspecified atom stereocenters. The summed E-state index contributed by atoms with van der Waals surface area (Å²) in [6.07, 6.45) is 5.61. The first-order chi connectivity index (χ1) is 11.3. The summed E-state index contributed by atoms with van der Waals surface area (Å²) < 4.78 is 5.34. The third kappa shape index (κ3) is 3.77. The van der Waals surface area contributed by atoms with Crippen LogP contribution < -0.4 is 0 Å². The van der Waals surface area contributed by atoms with Crippen LogP contribution in [0.2, 0.25) is 0 Å². The van der Waals surface area contributed by atoms with Gasteiger partial charge in [0.25, 0.3) is 0 Å². The maximum Gasteiger partial charge on any atom is 0.219 e. The number of piperidine rings is 1. The van der Waals surface area contributed by atoms with Crippen LogP contribution in [0.4, 0.5) is 0 Å². The summed E-state index contributed by atoms with van der Waals surface area (Å²) in [6.45, 7) is 4.91. The van der Waals surface area contributed by atoms with Crippen molar-refractivity contribution in [3.05, 3.63) is 0 Å². The van der Waals surface area contributed by atoms with Gasteiger partial charge in [0.05, 0.1) is 11.7 Å². The van der Waals surface area contributed by atoms with E-state index in [1.165, 1.54) is 0 Å². The lowest BCUT2D eigenvalue weighted by atomic mass is 9.54. The minimum atomic E-state index is -0.625. The van der Waals surface area contributed by atoms with Crippen LogP contribution in [0.25, 0.3) is 0 Å². The minimum absolute atomic E-state index is 0.155. The highest BCUT2D eigenvalue weighted by Gasteiger charge is 2.54. The molecule has 3 fully saturated rings. The Bertz CT molecular complexity index is 454. The predicted molar refractivity (Wildman–Crippen MR) is 90.3 cm³/mol. The van der Waals surface area contributed by atoms with E-state index in [4.69, 9.17) is 4.74 Å². The smallest absolute Gasteiger partial charge is 0.219 e. The Hall–Kier alpha value is -0.690. The monoisotopic (exact) mass is 340 g/mol. The van der Waals surface area contributed by atoms with Gasteiger partial charge in [-0.1, -0.05) is 0 Å². The van der Waals surface area contributed by atoms with Crippen molar-refractivity contribution in [2.45, 2.75) is 69.8 Å². The number of aliphatic hydroxyl groups excluding tert-OH is 1. The highest BCUT2D eigenvalue weighted by Crippen LogP contribution is 2.56. The highest BCUT2D eigenvalue weighted by atomic mass is 16.5. The number of carbonyl (C=O) groups excluding carboxylic acids is 1. The summed E-state index contributed by atoms with van der Waals surface area (Å²) in [7, 11) is 1.72. The summed E-state index contributed by atoms with van der Waals surface area (Å²) >= 11 is 0. The number of hydrogen-bond donors (Lipinski definition) is 2. The van der Waals surface area contributed by atoms with Gasteiger partial charge in [0.1, 0.15) is 6.23 Å². The molecule has 3 aliphatic rings. The SMILES string of the molecule is COC1CCN(C(O)CCC2(O)CC3(CCN(C(C)=O)CC3)C2)C1. The van der Waals surface area contributed by atoms with E-state index in [0.717, 1.165) is 58.3 Å². The molecule has 1 spiro atoms. The van der Waals surface area contributed by atoms with Crippen molar-refractivity contribution in [2.75, 3.05) is 33.3 Å². The van der Waals surface area contributed by atoms with Crippen LogP contribution in [0.1, 0.15) is 51.9 Å². The van der Waals surface area contributed by atoms with Crippen LogP contribution >= 0.6 is 0 Å². The van der Waals surface area contributed by atoms with E-state index < -0.39 is 11.8 Å². The van der Waals surface area contributed by atoms with Crippen LogP contribution in [-0.4, -0.2) is 77.1 Å². The molecule has 2 heterocycles. The number of rotatable bonds is 5. The van der Waals surface area contributed by atoms with Crippen LogP contribution in [0.5, 0.6) is 0 Å². The average Bonchev–Trinajstić information content (AvgIpc) is 3.01. The van der Waals surface area contributed by atoms with Crippen molar-refractivity contribution in [1.82, 2.24) is 9.80 Å². The zero-order chi connectivity index (χ0) is 17.4. The highest BCUT2D eigenvalue weighted by molar-refractivity contribution is 5.73. The molecule has 2 saturated heterocycles. The maximum atomic E-state index is 11.4. The normalized spacial score (nSPS) is 30.3. The molecule has 0 radical (unpaired) electrons. The Morgan fingerprint density at radius 3 is 2.50 bits per heavy atom. The quantitative estimate of drug-likeness (QED) is 0.780. The van der Waals surface area contributed by atoms with Gasteiger partial charge >= 0.3 is 0 Å². The van der Waals surface area contributed by atoms with Crippen LogP contribution in [0.3, 0.4) is 0 Å². The number of likely N-dealkylation sites (tertiary alicyclic amines) is 2. The zero-order valence-electron chi connectivity index (χ0n) is 15.0. The molecule has 2 N–H and O–H groups in total. The molecule has 0 aromatic rings. The van der Waals surface area contributed by atoms with Gasteiger partial charge in [-0.15, -0.1) is 0 Å². The lowest BCUT2D eigenvalue weighted by molar-refractivity contribution is -0.163. The van der Waals surface area contributed by atoms with Crippen molar-refractivity contribution in [3.63, 3.8) is 0 Å². The van der Waals surface area contributed by atoms with Crippen LogP contribution in [0, 0.1) is 5.41 Å². The molecule has 1 saturated carbocycles. The summed E-state index contributed by atoms with van der Waals surface area (Å²) in [5.74, 6) is 0.155. The second-order valence-corrected chi connectivity index (χ2v) is 8.24. The number of hydrogen-bond acceptors (Lipinski definition) is 5. The molecule has 0 aromatic heterocycles. The van der Waals surface area contributed by atoms with E-state index in [2.05, 4.69) is 4.90 Å². The molecular formula is C18H32N2O4. The first-order valence-electron chi connectivity index (χ1n) is 9.28. The molecule has 138 valence electrons. The molecule has 0 aromatic carbocycles. The van der Waals surface area contributed by atoms with Crippen LogP contribution in [0.15, 0.2) is 0 Å². The van der Waals surface area contributed by atoms with E-state index in [9.17, 15) is 15.0 Å². The van der Waals surface area contributed by atoms with Crippen molar-refractivity contribution in [3.8, 4) is 0 Å². The van der Waals surface area contributed by atoms with Gasteiger partial charge in [0.15, 0.2) is 0 Å². The molecule has 2 atom stereocenters. The molecule has 1 aliphatic carbocycles. The van der Waals surface area contributed by atoms with E-state index in [1.54, 1.807) is 14.0 Å². The van der Waals surface area contributed by atoms with Gasteiger partial charge in [-0.2, -0.15) is 0 Å². The Kier molecular flexibility index (Phi) is 5.21. The average molecular weight is 340 g/mol. The lowest BCUT2D eigenvalue weighted by Crippen LogP contribution is -2.57. The fourth-order valence-electron chi connectivity index (χ4n) is 4.97. The lowest BCUT2D eigenvalue weighted by Gasteiger charge is -2.57. The Balaban J connectivity index is 1.41. The Labute approximate surface area is 144 Å². The first kappa shape index (κ1) is 18.1. The molecule has 3 rings (SSSR count). The standard InChI is InChI=1S/C18H32N2O4/c1-14(21)19-9-6-17(7-10-19)12-18(23,13-17)5-3-16(22)20-8-4-15(11-20)24-2/h15-16,22-23H,3-13H2,1-2H3. The van der Waals surface area contributed by atoms with Gasteiger partial charge in [0.2, 0.25) is 5.91 Å². The summed E-state index contributed by atoms with van der Waals surface area (Å²) in [4.78, 5) is 15.4. The summed E-state index contributed by atoms with van der Waals surface area (Å²) in [6, 6.07) is 0. The number of amides is 1. The Morgan fingerprint density at radius 2 is 1.96 bits per heavy atom. The number of ether oxygens (including phenoxy) is 1. The molecule has 6 nitrogen and oxygen atoms in total. The fourth-order valence-corrected chi connectivity index (χ4v) is 4.97. The zero-order valence-corrected chi connectivity index (χ0v) is 15.0. The summed E-state index contributed by atoms with van der Waals surface area (Å²) in [5, 5.41) is 21.1. The second-order valence-electron chi connectivity index (χ2n) is 8.24. The van der Waals surface area contributed by atoms with E-state index >= 15 is 0 Å². The fraction of sp³-hybridized carbons (Fsp3) is 0.944. The second kappa shape index (κ2) is 6.90. The van der Waals surface area contributed by atoms with Gasteiger partial charge in [0, 0.05) is 40.2 Å². The largest absolute Gasteiger partial charge is 0.390 e. The van der Waals surface area contributed by atoms with Gasteiger partial charge in [-0.25, -0.2) is 0 Å². The van der Waals surface area contributed by atoms with E-state index in [0.29, 0.717) is 12.8 Å². The maximum absolute atomic E-state index is 11.4. The van der Waals surface area contributed by atoms with Crippen LogP contribution in [-0.2, 0) is 9.53 Å². The Morgan fingerprint density at radius 1 is 1.29 bits per heavy atom. The van der Waals surface area contributed by atoms with Crippen molar-refractivity contribution in [1.29, 1.82) is 0 Å². The first-order valence-corrected chi connectivity index (χ1v) is 9.28. The molecule has 24 heavy (non-hydrogen) atoms. The van der Waals surface area contributed by atoms with Gasteiger partial charge in [-0.05, 0) is 50.4 Å². The minimum Gasteiger partial charge on any atom is -0.390 e. The topological polar surface area (TPSA) is 73.2 Å². The van der Waals surface area contributed by atoms with Crippen molar-refractivity contribution in [2.24, 2.45) is 5.41 Å². The predicted octanol–water partition coefficient (Wildman–Crippen LogP) is 0.959. The van der Waals surface area contributed by atoms with Crippen molar-refractivity contribution >= 4 is 5.91 Å². The van der Waals surface area contributed by atoms with Crippen molar-refractivity contribution < 1.29 is 19.7 Å². The van der Waals surface area contributed by atoms with E-state index in [1.807, 2.05) is 4.90 Å². The molecular weight excluding hydrogens is 308 g/mol. The van der Waals surface area contributed by atoms with Gasteiger partial charge < -0.3 is 19.8 Å². The number of aliphatic hydroxyl groups is 2. The molecule has 2 aliphatic heterocycles. The molecule has 0 bridgehead atoms. The number of nitrogens with zero attached hydrogens (tertiary/aromatic N) is 2. The third-order valence-electron chi connectivity index (χ3n) is 6.48. The third-order valence-corrected chi connectivity index (χ3v) is 6.48. The van der Waals surface area contributed by atoms with E-state index in [-0.39, 0.29) is 17.4 Å². The summed E-state index contributed by atoms with van der Waals surface area (Å²) in [5.41, 5.74) is -0.403. The van der Waals surface area contributed by atoms with Gasteiger partial charge in [-0.3, -0.25) is 9.69 Å². The number of methoxy groups -OCH3 is 1. The number of carbonyl (C=O) groups is 1. The molecule has 6 heteroatoms. The molecule has 1 amide bonds.